The molecule has 0 unspecified atom stereocenters. The molecule has 8 heteroatoms. The van der Waals surface area contributed by atoms with E-state index in [0.29, 0.717) is 6.42 Å². The van der Waals surface area contributed by atoms with E-state index in [0.717, 1.165) is 11.3 Å². The largest absolute Gasteiger partial charge is 0.507 e. The van der Waals surface area contributed by atoms with E-state index in [9.17, 15) is 13.5 Å². The van der Waals surface area contributed by atoms with Gasteiger partial charge in [-0.25, -0.2) is 13.1 Å². The highest BCUT2D eigenvalue weighted by Gasteiger charge is 2.19. The van der Waals surface area contributed by atoms with Gasteiger partial charge in [0.05, 0.1) is 0 Å². The number of nitrogens with one attached hydrogen (secondary N) is 2. The molecule has 7 nitrogen and oxygen atoms in total. The van der Waals surface area contributed by atoms with E-state index in [-0.39, 0.29) is 28.6 Å². The molecule has 0 spiro atoms. The molecular formula is C17H22N4O3S. The molecule has 2 aromatic carbocycles. The lowest BCUT2D eigenvalue weighted by Gasteiger charge is -2.13. The Morgan fingerprint density at radius 1 is 1.20 bits per heavy atom. The molecule has 5 N–H and O–H groups in total. The summed E-state index contributed by atoms with van der Waals surface area (Å²) in [6.45, 7) is 0.188. The van der Waals surface area contributed by atoms with E-state index < -0.39 is 10.0 Å². The maximum Gasteiger partial charge on any atom is 0.244 e. The van der Waals surface area contributed by atoms with Crippen molar-refractivity contribution < 1.29 is 13.5 Å². The number of nitrogens with two attached hydrogens (primary N) is 1. The van der Waals surface area contributed by atoms with Crippen molar-refractivity contribution in [2.75, 3.05) is 25.5 Å². The Balaban J connectivity index is 2.07. The summed E-state index contributed by atoms with van der Waals surface area (Å²) in [5.74, 6) is -0.648. The fourth-order valence-corrected chi connectivity index (χ4v) is 3.42. The lowest BCUT2D eigenvalue weighted by atomic mass is 10.1. The van der Waals surface area contributed by atoms with Gasteiger partial charge in [-0.05, 0) is 42.3 Å². The third-order valence-electron chi connectivity index (χ3n) is 3.72. The smallest absolute Gasteiger partial charge is 0.244 e. The summed E-state index contributed by atoms with van der Waals surface area (Å²) >= 11 is 0. The average molecular weight is 362 g/mol. The second kappa shape index (κ2) is 7.54. The van der Waals surface area contributed by atoms with Gasteiger partial charge >= 0.3 is 0 Å². The maximum absolute atomic E-state index is 12.4. The number of sulfonamides is 1. The van der Waals surface area contributed by atoms with Crippen molar-refractivity contribution in [3.63, 3.8) is 0 Å². The summed E-state index contributed by atoms with van der Waals surface area (Å²) in [4.78, 5) is 1.69. The number of anilines is 1. The van der Waals surface area contributed by atoms with E-state index in [1.165, 1.54) is 18.2 Å². The highest BCUT2D eigenvalue weighted by molar-refractivity contribution is 7.89. The number of hydrogen-bond donors (Lipinski definition) is 4. The third-order valence-corrected chi connectivity index (χ3v) is 5.21. The van der Waals surface area contributed by atoms with E-state index >= 15 is 0 Å². The molecule has 0 aliphatic heterocycles. The average Bonchev–Trinajstić information content (AvgIpc) is 2.55. The van der Waals surface area contributed by atoms with Gasteiger partial charge < -0.3 is 15.7 Å². The molecule has 0 aliphatic carbocycles. The number of hydrogen-bond acceptors (Lipinski definition) is 5. The minimum absolute atomic E-state index is 0.188. The van der Waals surface area contributed by atoms with Gasteiger partial charge in [0.15, 0.2) is 0 Å². The van der Waals surface area contributed by atoms with Gasteiger partial charge in [0.25, 0.3) is 0 Å². The normalized spacial score (nSPS) is 11.3. The molecule has 0 radical (unpaired) electrons. The predicted octanol–water partition coefficient (Wildman–Crippen LogP) is 1.26. The van der Waals surface area contributed by atoms with Crippen molar-refractivity contribution in [2.24, 2.45) is 5.73 Å². The molecule has 0 atom stereocenters. The van der Waals surface area contributed by atoms with Gasteiger partial charge in [-0.1, -0.05) is 12.1 Å². The van der Waals surface area contributed by atoms with Crippen LogP contribution in [0, 0.1) is 5.41 Å². The summed E-state index contributed by atoms with van der Waals surface area (Å²) in [7, 11) is -0.000811. The zero-order chi connectivity index (χ0) is 18.6. The lowest BCUT2D eigenvalue weighted by Crippen LogP contribution is -2.26. The second-order valence-corrected chi connectivity index (χ2v) is 7.54. The number of nitrogens with zero attached hydrogens (tertiary/aromatic N) is 1. The molecule has 2 aromatic rings. The van der Waals surface area contributed by atoms with E-state index in [1.807, 2.05) is 43.3 Å². The monoisotopic (exact) mass is 362 g/mol. The number of aromatic hydroxyl groups is 1. The van der Waals surface area contributed by atoms with Crippen molar-refractivity contribution in [3.05, 3.63) is 53.6 Å². The summed E-state index contributed by atoms with van der Waals surface area (Å²) in [6.07, 6.45) is 0.514. The first-order chi connectivity index (χ1) is 11.7. The fourth-order valence-electron chi connectivity index (χ4n) is 2.27. The Morgan fingerprint density at radius 2 is 1.84 bits per heavy atom. The summed E-state index contributed by atoms with van der Waals surface area (Å²) < 4.78 is 27.2. The van der Waals surface area contributed by atoms with Gasteiger partial charge in [-0.3, -0.25) is 5.41 Å². The Kier molecular flexibility index (Phi) is 5.66. The van der Waals surface area contributed by atoms with Crippen LogP contribution in [0.4, 0.5) is 5.69 Å². The Labute approximate surface area is 147 Å². The number of nitrogen functional groups attached to an aromatic ring is 1. The van der Waals surface area contributed by atoms with Crippen LogP contribution in [-0.2, 0) is 16.4 Å². The quantitative estimate of drug-likeness (QED) is 0.437. The third kappa shape index (κ3) is 4.71. The molecular weight excluding hydrogens is 340 g/mol. The standard InChI is InChI=1S/C17H22N4O3S/c1-21(2)14-6-3-12(4-7-14)9-10-20-25(23,24)16-11-13(17(18)19)5-8-15(16)22/h3-8,11,20,22H,9-10H2,1-2H3,(H3,18,19). The Hall–Kier alpha value is -2.58. The number of amidine groups is 1. The second-order valence-electron chi connectivity index (χ2n) is 5.80. The molecule has 0 aliphatic rings. The van der Waals surface area contributed by atoms with Crippen molar-refractivity contribution in [3.8, 4) is 5.75 Å². The van der Waals surface area contributed by atoms with Crippen LogP contribution in [0.3, 0.4) is 0 Å². The summed E-state index contributed by atoms with van der Waals surface area (Å²) in [6, 6.07) is 11.6. The first-order valence-electron chi connectivity index (χ1n) is 7.64. The van der Waals surface area contributed by atoms with Crippen molar-refractivity contribution in [2.45, 2.75) is 11.3 Å². The van der Waals surface area contributed by atoms with Gasteiger partial charge in [-0.15, -0.1) is 0 Å². The Bertz CT molecular complexity index is 862. The molecule has 2 rings (SSSR count). The summed E-state index contributed by atoms with van der Waals surface area (Å²) in [5, 5.41) is 17.2. The lowest BCUT2D eigenvalue weighted by molar-refractivity contribution is 0.458. The van der Waals surface area contributed by atoms with Gasteiger partial charge in [0.2, 0.25) is 10.0 Å². The molecule has 25 heavy (non-hydrogen) atoms. The predicted molar refractivity (Wildman–Crippen MR) is 98.8 cm³/mol. The molecule has 0 aromatic heterocycles. The molecule has 0 fully saturated rings. The number of benzene rings is 2. The SMILES string of the molecule is CN(C)c1ccc(CCNS(=O)(=O)c2cc(C(=N)N)ccc2O)cc1. The highest BCUT2D eigenvalue weighted by atomic mass is 32.2. The first-order valence-corrected chi connectivity index (χ1v) is 9.12. The van der Waals surface area contributed by atoms with Gasteiger partial charge in [0, 0.05) is 31.9 Å². The number of phenols is 1. The van der Waals surface area contributed by atoms with Gasteiger partial charge in [-0.2, -0.15) is 0 Å². The molecule has 0 heterocycles. The van der Waals surface area contributed by atoms with E-state index in [4.69, 9.17) is 11.1 Å². The van der Waals surface area contributed by atoms with Crippen LogP contribution in [0.25, 0.3) is 0 Å². The molecule has 0 saturated heterocycles. The zero-order valence-corrected chi connectivity index (χ0v) is 15.0. The molecule has 0 amide bonds. The summed E-state index contributed by atoms with van der Waals surface area (Å²) in [5.41, 5.74) is 7.66. The van der Waals surface area contributed by atoms with Crippen LogP contribution in [0.1, 0.15) is 11.1 Å². The van der Waals surface area contributed by atoms with E-state index in [1.54, 1.807) is 0 Å². The van der Waals surface area contributed by atoms with Crippen LogP contribution in [0.15, 0.2) is 47.4 Å². The molecule has 134 valence electrons. The fraction of sp³-hybridized carbons (Fsp3) is 0.235. The van der Waals surface area contributed by atoms with Crippen LogP contribution in [0.2, 0.25) is 0 Å². The van der Waals surface area contributed by atoms with Gasteiger partial charge in [0.1, 0.15) is 16.5 Å². The van der Waals surface area contributed by atoms with Crippen molar-refractivity contribution in [1.82, 2.24) is 4.72 Å². The molecule has 0 saturated carbocycles. The van der Waals surface area contributed by atoms with Crippen LogP contribution in [-0.4, -0.2) is 40.0 Å². The van der Waals surface area contributed by atoms with Crippen LogP contribution in [0.5, 0.6) is 5.75 Å². The minimum atomic E-state index is -3.90. The maximum atomic E-state index is 12.4. The zero-order valence-electron chi connectivity index (χ0n) is 14.2. The topological polar surface area (TPSA) is 120 Å². The number of phenolic OH excluding ortho intramolecular Hbond substituents is 1. The van der Waals surface area contributed by atoms with Crippen LogP contribution >= 0.6 is 0 Å². The Morgan fingerprint density at radius 3 is 2.40 bits per heavy atom. The van der Waals surface area contributed by atoms with E-state index in [2.05, 4.69) is 4.72 Å². The number of rotatable bonds is 7. The minimum Gasteiger partial charge on any atom is -0.507 e. The van der Waals surface area contributed by atoms with Crippen LogP contribution < -0.4 is 15.4 Å². The van der Waals surface area contributed by atoms with Crippen molar-refractivity contribution in [1.29, 1.82) is 5.41 Å². The first kappa shape index (κ1) is 18.8. The highest BCUT2D eigenvalue weighted by Crippen LogP contribution is 2.23. The molecule has 0 bridgehead atoms. The van der Waals surface area contributed by atoms with Crippen molar-refractivity contribution >= 4 is 21.5 Å².